The molecule has 0 atom stereocenters. The van der Waals surface area contributed by atoms with Gasteiger partial charge in [-0.05, 0) is 49.9 Å². The molecule has 1 aliphatic rings. The summed E-state index contributed by atoms with van der Waals surface area (Å²) in [6.07, 6.45) is 7.30. The smallest absolute Gasteiger partial charge is 0.227 e. The minimum absolute atomic E-state index is 0.0537. The van der Waals surface area contributed by atoms with Gasteiger partial charge in [-0.15, -0.1) is 0 Å². The summed E-state index contributed by atoms with van der Waals surface area (Å²) in [5.41, 5.74) is 8.21. The van der Waals surface area contributed by atoms with Crippen molar-refractivity contribution in [1.29, 1.82) is 0 Å². The number of nitrogens with one attached hydrogen (secondary N) is 3. The minimum Gasteiger partial charge on any atom is -0.360 e. The van der Waals surface area contributed by atoms with Gasteiger partial charge in [-0.2, -0.15) is 0 Å². The summed E-state index contributed by atoms with van der Waals surface area (Å²) in [6, 6.07) is 16.0. The molecule has 0 radical (unpaired) electrons. The van der Waals surface area contributed by atoms with Gasteiger partial charge < -0.3 is 21.4 Å². The van der Waals surface area contributed by atoms with Crippen molar-refractivity contribution < 1.29 is 10.5 Å². The number of nitrogens with zero attached hydrogens (tertiary/aromatic N) is 2. The Morgan fingerprint density at radius 3 is 2.70 bits per heavy atom. The van der Waals surface area contributed by atoms with Gasteiger partial charge in [0.1, 0.15) is 0 Å². The topological polar surface area (TPSA) is 110 Å². The first-order chi connectivity index (χ1) is 16.1. The third-order valence-electron chi connectivity index (χ3n) is 6.19. The van der Waals surface area contributed by atoms with Crippen LogP contribution in [0.15, 0.2) is 60.9 Å². The van der Waals surface area contributed by atoms with Crippen LogP contribution in [-0.2, 0) is 4.79 Å². The molecule has 7 nitrogen and oxygen atoms in total. The number of aromatic amines is 1. The predicted molar refractivity (Wildman–Crippen MR) is 131 cm³/mol. The highest BCUT2D eigenvalue weighted by Crippen LogP contribution is 2.33. The Hall–Kier alpha value is -3.42. The molecule has 33 heavy (non-hydrogen) atoms. The van der Waals surface area contributed by atoms with E-state index in [2.05, 4.69) is 31.3 Å². The van der Waals surface area contributed by atoms with E-state index in [0.29, 0.717) is 22.7 Å². The molecule has 2 heterocycles. The van der Waals surface area contributed by atoms with Gasteiger partial charge in [0.15, 0.2) is 0 Å². The van der Waals surface area contributed by atoms with E-state index in [-0.39, 0.29) is 11.8 Å². The summed E-state index contributed by atoms with van der Waals surface area (Å²) in [4.78, 5) is 24.9. The number of quaternary nitrogens is 1. The molecule has 5 rings (SSSR count). The zero-order chi connectivity index (χ0) is 22.8. The minimum atomic E-state index is 0.0537. The normalized spacial score (nSPS) is 18.2. The lowest BCUT2D eigenvalue weighted by molar-refractivity contribution is -0.426. The van der Waals surface area contributed by atoms with Crippen molar-refractivity contribution in [1.82, 2.24) is 15.0 Å². The zero-order valence-electron chi connectivity index (χ0n) is 18.1. The van der Waals surface area contributed by atoms with Gasteiger partial charge in [0.25, 0.3) is 0 Å². The number of carbonyl (C=O) groups excluding carboxylic acids is 1. The molecule has 0 aliphatic heterocycles. The summed E-state index contributed by atoms with van der Waals surface area (Å²) < 4.78 is 0. The molecule has 0 bridgehead atoms. The largest absolute Gasteiger partial charge is 0.360 e. The number of anilines is 3. The predicted octanol–water partition coefficient (Wildman–Crippen LogP) is 4.76. The quantitative estimate of drug-likeness (QED) is 0.343. The number of H-pyrrole nitrogens is 1. The Labute approximate surface area is 196 Å². The molecule has 2 aromatic carbocycles. The van der Waals surface area contributed by atoms with E-state index < -0.39 is 0 Å². The van der Waals surface area contributed by atoms with Crippen molar-refractivity contribution in [3.8, 4) is 11.3 Å². The highest BCUT2D eigenvalue weighted by Gasteiger charge is 2.26. The molecule has 0 unspecified atom stereocenters. The number of hydrogen-bond acceptors (Lipinski definition) is 4. The lowest BCUT2D eigenvalue weighted by Gasteiger charge is -2.23. The Morgan fingerprint density at radius 2 is 1.85 bits per heavy atom. The number of aromatic nitrogens is 3. The van der Waals surface area contributed by atoms with Crippen LogP contribution in [0, 0.1) is 5.92 Å². The SMILES string of the molecule is [NH3+]C1CCC(C(=O)Nc2cccc(Nc3ncc(Cl)c(-c4c[nH]c5ccccc45)n3)c2)CC1. The number of para-hydroxylation sites is 1. The van der Waals surface area contributed by atoms with Gasteiger partial charge in [0.2, 0.25) is 11.9 Å². The molecule has 8 heteroatoms. The van der Waals surface area contributed by atoms with Gasteiger partial charge >= 0.3 is 0 Å². The van der Waals surface area contributed by atoms with Crippen LogP contribution >= 0.6 is 11.6 Å². The summed E-state index contributed by atoms with van der Waals surface area (Å²) in [6.45, 7) is 0. The van der Waals surface area contributed by atoms with E-state index in [4.69, 9.17) is 11.6 Å². The average Bonchev–Trinajstić information content (AvgIpc) is 3.25. The van der Waals surface area contributed by atoms with Crippen LogP contribution in [-0.4, -0.2) is 26.9 Å². The van der Waals surface area contributed by atoms with Crippen LogP contribution in [0.5, 0.6) is 0 Å². The molecule has 1 saturated carbocycles. The summed E-state index contributed by atoms with van der Waals surface area (Å²) >= 11 is 6.44. The molecule has 4 aromatic rings. The lowest BCUT2D eigenvalue weighted by atomic mass is 9.86. The lowest BCUT2D eigenvalue weighted by Crippen LogP contribution is -2.62. The molecule has 6 N–H and O–H groups in total. The molecular weight excluding hydrogens is 436 g/mol. The van der Waals surface area contributed by atoms with Crippen molar-refractivity contribution in [3.63, 3.8) is 0 Å². The number of amides is 1. The van der Waals surface area contributed by atoms with Crippen LogP contribution in [0.3, 0.4) is 0 Å². The van der Waals surface area contributed by atoms with Crippen LogP contribution in [0.4, 0.5) is 17.3 Å². The van der Waals surface area contributed by atoms with Crippen molar-refractivity contribution >= 4 is 45.7 Å². The molecule has 168 valence electrons. The van der Waals surface area contributed by atoms with E-state index in [9.17, 15) is 4.79 Å². The number of benzene rings is 2. The Balaban J connectivity index is 1.34. The standard InChI is InChI=1S/C25H25ClN6O/c26-21-14-29-25(32-23(21)20-13-28-22-7-2-1-6-19(20)22)31-18-5-3-4-17(12-18)30-24(33)15-8-10-16(27)11-9-15/h1-7,12-16,28H,8-11,27H2,(H,30,33)(H,29,31,32)/p+1. The Bertz CT molecular complexity index is 1300. The first kappa shape index (κ1) is 21.4. The third kappa shape index (κ3) is 4.69. The van der Waals surface area contributed by atoms with Gasteiger partial charge in [-0.25, -0.2) is 9.97 Å². The molecule has 2 aromatic heterocycles. The fraction of sp³-hybridized carbons (Fsp3) is 0.240. The number of hydrogen-bond donors (Lipinski definition) is 4. The summed E-state index contributed by atoms with van der Waals surface area (Å²) in [5.74, 6) is 0.554. The fourth-order valence-electron chi connectivity index (χ4n) is 4.36. The zero-order valence-corrected chi connectivity index (χ0v) is 18.9. The first-order valence-electron chi connectivity index (χ1n) is 11.2. The van der Waals surface area contributed by atoms with Crippen molar-refractivity contribution in [2.45, 2.75) is 31.7 Å². The Morgan fingerprint density at radius 1 is 1.06 bits per heavy atom. The van der Waals surface area contributed by atoms with E-state index in [1.54, 1.807) is 6.20 Å². The molecule has 0 spiro atoms. The second-order valence-electron chi connectivity index (χ2n) is 8.55. The summed E-state index contributed by atoms with van der Waals surface area (Å²) in [7, 11) is 0. The van der Waals surface area contributed by atoms with Crippen LogP contribution in [0.25, 0.3) is 22.2 Å². The second kappa shape index (κ2) is 9.21. The molecule has 0 saturated heterocycles. The van der Waals surface area contributed by atoms with E-state index in [0.717, 1.165) is 53.5 Å². The van der Waals surface area contributed by atoms with Gasteiger partial charge in [-0.1, -0.05) is 35.9 Å². The number of halogens is 1. The van der Waals surface area contributed by atoms with Crippen LogP contribution in [0.1, 0.15) is 25.7 Å². The highest BCUT2D eigenvalue weighted by atomic mass is 35.5. The van der Waals surface area contributed by atoms with Gasteiger partial charge in [0, 0.05) is 40.0 Å². The number of rotatable bonds is 5. The van der Waals surface area contributed by atoms with E-state index >= 15 is 0 Å². The molecule has 1 aliphatic carbocycles. The maximum Gasteiger partial charge on any atom is 0.227 e. The molecule has 1 fully saturated rings. The first-order valence-corrected chi connectivity index (χ1v) is 11.5. The second-order valence-corrected chi connectivity index (χ2v) is 8.96. The highest BCUT2D eigenvalue weighted by molar-refractivity contribution is 6.33. The van der Waals surface area contributed by atoms with Gasteiger partial charge in [0.05, 0.1) is 23.0 Å². The van der Waals surface area contributed by atoms with Crippen LogP contribution in [0.2, 0.25) is 5.02 Å². The third-order valence-corrected chi connectivity index (χ3v) is 6.47. The fourth-order valence-corrected chi connectivity index (χ4v) is 4.55. The van der Waals surface area contributed by atoms with Gasteiger partial charge in [-0.3, -0.25) is 4.79 Å². The maximum absolute atomic E-state index is 12.7. The monoisotopic (exact) mass is 461 g/mol. The van der Waals surface area contributed by atoms with Crippen molar-refractivity contribution in [3.05, 3.63) is 65.9 Å². The molecular formula is C25H26ClN6O+. The van der Waals surface area contributed by atoms with Crippen molar-refractivity contribution in [2.24, 2.45) is 5.92 Å². The average molecular weight is 462 g/mol. The van der Waals surface area contributed by atoms with Crippen molar-refractivity contribution in [2.75, 3.05) is 10.6 Å². The molecule has 1 amide bonds. The number of carbonyl (C=O) groups is 1. The number of fused-ring (bicyclic) bond motifs is 1. The van der Waals surface area contributed by atoms with E-state index in [1.165, 1.54) is 0 Å². The Kier molecular flexibility index (Phi) is 5.98. The maximum atomic E-state index is 12.7. The summed E-state index contributed by atoms with van der Waals surface area (Å²) in [5, 5.41) is 7.80. The van der Waals surface area contributed by atoms with Crippen LogP contribution < -0.4 is 16.4 Å². The van der Waals surface area contributed by atoms with E-state index in [1.807, 2.05) is 54.7 Å².